The van der Waals surface area contributed by atoms with Gasteiger partial charge in [-0.25, -0.2) is 4.79 Å². The highest BCUT2D eigenvalue weighted by Crippen LogP contribution is 2.31. The lowest BCUT2D eigenvalue weighted by molar-refractivity contribution is -0.388. The van der Waals surface area contributed by atoms with Gasteiger partial charge < -0.3 is 20.1 Å². The molecule has 16 heavy (non-hydrogen) atoms. The minimum Gasteiger partial charge on any atom is -0.480 e. The SMILES string of the molecule is O=C(O)C1CCCN1c1cn[nH]c1[N+](=O)[O-]. The summed E-state index contributed by atoms with van der Waals surface area (Å²) in [6, 6.07) is -0.698. The van der Waals surface area contributed by atoms with E-state index < -0.39 is 16.9 Å². The van der Waals surface area contributed by atoms with Crippen molar-refractivity contribution in [2.45, 2.75) is 18.9 Å². The summed E-state index contributed by atoms with van der Waals surface area (Å²) in [5.74, 6) is -1.22. The molecule has 8 heteroatoms. The molecule has 86 valence electrons. The molecule has 0 amide bonds. The van der Waals surface area contributed by atoms with Gasteiger partial charge in [0.2, 0.25) is 0 Å². The van der Waals surface area contributed by atoms with Crippen molar-refractivity contribution in [3.63, 3.8) is 0 Å². The zero-order valence-electron chi connectivity index (χ0n) is 8.29. The first kappa shape index (κ1) is 10.4. The van der Waals surface area contributed by atoms with Crippen LogP contribution in [0.4, 0.5) is 11.5 Å². The van der Waals surface area contributed by atoms with Crippen molar-refractivity contribution in [2.24, 2.45) is 0 Å². The number of hydrogen-bond acceptors (Lipinski definition) is 5. The molecule has 1 fully saturated rings. The smallest absolute Gasteiger partial charge is 0.366 e. The Bertz CT molecular complexity index is 429. The second-order valence-electron chi connectivity index (χ2n) is 3.55. The van der Waals surface area contributed by atoms with Gasteiger partial charge in [-0.2, -0.15) is 0 Å². The number of hydrogen-bond donors (Lipinski definition) is 2. The summed E-state index contributed by atoms with van der Waals surface area (Å²) in [5, 5.41) is 25.5. The topological polar surface area (TPSA) is 112 Å². The van der Waals surface area contributed by atoms with Crippen LogP contribution in [0, 0.1) is 10.1 Å². The third kappa shape index (κ3) is 1.58. The molecular weight excluding hydrogens is 216 g/mol. The Morgan fingerprint density at radius 3 is 3.12 bits per heavy atom. The van der Waals surface area contributed by atoms with Crippen LogP contribution in [0.1, 0.15) is 12.8 Å². The Balaban J connectivity index is 2.33. The number of carbonyl (C=O) groups is 1. The van der Waals surface area contributed by atoms with Gasteiger partial charge in [-0.3, -0.25) is 0 Å². The quantitative estimate of drug-likeness (QED) is 0.568. The minimum atomic E-state index is -0.965. The summed E-state index contributed by atoms with van der Waals surface area (Å²) < 4.78 is 0. The van der Waals surface area contributed by atoms with Gasteiger partial charge in [-0.1, -0.05) is 5.10 Å². The Hall–Kier alpha value is -2.12. The van der Waals surface area contributed by atoms with E-state index >= 15 is 0 Å². The molecule has 0 spiro atoms. The van der Waals surface area contributed by atoms with E-state index in [1.165, 1.54) is 11.1 Å². The maximum Gasteiger partial charge on any atom is 0.366 e. The summed E-state index contributed by atoms with van der Waals surface area (Å²) in [6.45, 7) is 0.497. The average Bonchev–Trinajstić information content (AvgIpc) is 2.85. The van der Waals surface area contributed by atoms with Gasteiger partial charge in [0.1, 0.15) is 12.2 Å². The summed E-state index contributed by atoms with van der Waals surface area (Å²) >= 11 is 0. The third-order valence-corrected chi connectivity index (χ3v) is 2.63. The molecule has 0 bridgehead atoms. The van der Waals surface area contributed by atoms with Gasteiger partial charge in [0.05, 0.1) is 0 Å². The summed E-state index contributed by atoms with van der Waals surface area (Å²) in [6.07, 6.45) is 2.50. The molecule has 1 aliphatic heterocycles. The van der Waals surface area contributed by atoms with Crippen molar-refractivity contribution in [3.05, 3.63) is 16.3 Å². The zero-order valence-corrected chi connectivity index (χ0v) is 8.29. The Morgan fingerprint density at radius 1 is 1.75 bits per heavy atom. The molecule has 0 aromatic carbocycles. The predicted molar refractivity (Wildman–Crippen MR) is 53.2 cm³/mol. The Kier molecular flexibility index (Phi) is 2.47. The highest BCUT2D eigenvalue weighted by Gasteiger charge is 2.35. The second kappa shape index (κ2) is 3.80. The number of rotatable bonds is 3. The van der Waals surface area contributed by atoms with Crippen LogP contribution in [0.3, 0.4) is 0 Å². The summed E-state index contributed by atoms with van der Waals surface area (Å²) in [7, 11) is 0. The normalized spacial score (nSPS) is 20.0. The fraction of sp³-hybridized carbons (Fsp3) is 0.500. The van der Waals surface area contributed by atoms with E-state index in [9.17, 15) is 14.9 Å². The monoisotopic (exact) mass is 226 g/mol. The van der Waals surface area contributed by atoms with Crippen LogP contribution in [0.25, 0.3) is 0 Å². The van der Waals surface area contributed by atoms with Crippen LogP contribution >= 0.6 is 0 Å². The van der Waals surface area contributed by atoms with Crippen molar-refractivity contribution in [1.82, 2.24) is 10.2 Å². The highest BCUT2D eigenvalue weighted by atomic mass is 16.6. The molecule has 1 aliphatic rings. The molecule has 1 aromatic heterocycles. The molecule has 2 heterocycles. The van der Waals surface area contributed by atoms with E-state index in [4.69, 9.17) is 5.11 Å². The van der Waals surface area contributed by atoms with Crippen molar-refractivity contribution in [1.29, 1.82) is 0 Å². The molecule has 2 rings (SSSR count). The lowest BCUT2D eigenvalue weighted by atomic mass is 10.2. The lowest BCUT2D eigenvalue weighted by Crippen LogP contribution is -2.35. The molecule has 1 saturated heterocycles. The molecule has 1 atom stereocenters. The molecule has 0 aliphatic carbocycles. The zero-order chi connectivity index (χ0) is 11.7. The molecule has 0 radical (unpaired) electrons. The van der Waals surface area contributed by atoms with Crippen molar-refractivity contribution in [3.8, 4) is 0 Å². The van der Waals surface area contributed by atoms with E-state index in [1.54, 1.807) is 0 Å². The van der Waals surface area contributed by atoms with Crippen LogP contribution < -0.4 is 4.90 Å². The highest BCUT2D eigenvalue weighted by molar-refractivity contribution is 5.80. The van der Waals surface area contributed by atoms with Gasteiger partial charge in [-0.15, -0.1) is 5.10 Å². The van der Waals surface area contributed by atoms with Crippen LogP contribution in [0.2, 0.25) is 0 Å². The number of nitro groups is 1. The fourth-order valence-electron chi connectivity index (χ4n) is 1.93. The molecular formula is C8H10N4O4. The van der Waals surface area contributed by atoms with E-state index in [0.717, 1.165) is 0 Å². The number of aromatic amines is 1. The maximum atomic E-state index is 10.9. The lowest BCUT2D eigenvalue weighted by Gasteiger charge is -2.20. The van der Waals surface area contributed by atoms with E-state index in [0.29, 0.717) is 19.4 Å². The summed E-state index contributed by atoms with van der Waals surface area (Å²) in [5.41, 5.74) is 0.245. The van der Waals surface area contributed by atoms with Gasteiger partial charge >= 0.3 is 11.8 Å². The van der Waals surface area contributed by atoms with Crippen molar-refractivity contribution < 1.29 is 14.8 Å². The predicted octanol–water partition coefficient (Wildman–Crippen LogP) is 0.371. The number of carboxylic acid groups (broad SMARTS) is 1. The van der Waals surface area contributed by atoms with Gasteiger partial charge in [-0.05, 0) is 17.8 Å². The average molecular weight is 226 g/mol. The molecule has 2 N–H and O–H groups in total. The standard InChI is InChI=1S/C8H10N4O4/c13-8(14)5-2-1-3-11(5)6-4-9-10-7(6)12(15)16/h4-5H,1-3H2,(H,9,10)(H,13,14). The largest absolute Gasteiger partial charge is 0.480 e. The number of nitrogens with one attached hydrogen (secondary N) is 1. The van der Waals surface area contributed by atoms with Gasteiger partial charge in [0.15, 0.2) is 5.69 Å². The third-order valence-electron chi connectivity index (χ3n) is 2.63. The molecule has 1 aromatic rings. The number of H-pyrrole nitrogens is 1. The van der Waals surface area contributed by atoms with E-state index in [2.05, 4.69) is 10.2 Å². The summed E-state index contributed by atoms with van der Waals surface area (Å²) in [4.78, 5) is 22.5. The fourth-order valence-corrected chi connectivity index (χ4v) is 1.93. The minimum absolute atomic E-state index is 0.245. The van der Waals surface area contributed by atoms with Crippen LogP contribution in [0.15, 0.2) is 6.20 Å². The number of aromatic nitrogens is 2. The molecule has 8 nitrogen and oxygen atoms in total. The van der Waals surface area contributed by atoms with Crippen molar-refractivity contribution >= 4 is 17.5 Å². The van der Waals surface area contributed by atoms with Gasteiger partial charge in [0.25, 0.3) is 0 Å². The van der Waals surface area contributed by atoms with Gasteiger partial charge in [0, 0.05) is 6.54 Å². The van der Waals surface area contributed by atoms with Crippen LogP contribution in [-0.4, -0.2) is 38.8 Å². The first-order valence-electron chi connectivity index (χ1n) is 4.78. The van der Waals surface area contributed by atoms with Crippen molar-refractivity contribution in [2.75, 3.05) is 11.4 Å². The Labute approximate surface area is 90.0 Å². The van der Waals surface area contributed by atoms with Crippen LogP contribution in [-0.2, 0) is 4.79 Å². The first-order valence-corrected chi connectivity index (χ1v) is 4.78. The Morgan fingerprint density at radius 2 is 2.50 bits per heavy atom. The van der Waals surface area contributed by atoms with E-state index in [-0.39, 0.29) is 11.5 Å². The maximum absolute atomic E-state index is 10.9. The second-order valence-corrected chi connectivity index (χ2v) is 3.55. The van der Waals surface area contributed by atoms with Crippen LogP contribution in [0.5, 0.6) is 0 Å². The molecule has 0 saturated carbocycles. The first-order chi connectivity index (χ1) is 7.61. The number of aliphatic carboxylic acids is 1. The van der Waals surface area contributed by atoms with E-state index in [1.807, 2.05) is 0 Å². The number of nitrogens with zero attached hydrogens (tertiary/aromatic N) is 3. The number of anilines is 1. The number of carboxylic acids is 1. The molecule has 1 unspecified atom stereocenters.